The fourth-order valence-corrected chi connectivity index (χ4v) is 6.28. The van der Waals surface area contributed by atoms with E-state index < -0.39 is 8.07 Å². The van der Waals surface area contributed by atoms with Gasteiger partial charge in [0.2, 0.25) is 0 Å². The Morgan fingerprint density at radius 1 is 0.793 bits per heavy atom. The molecule has 1 aromatic heterocycles. The fourth-order valence-electron chi connectivity index (χ4n) is 4.69. The molecule has 1 heterocycles. The molecule has 0 atom stereocenters. The van der Waals surface area contributed by atoms with Crippen molar-refractivity contribution in [1.82, 2.24) is 4.98 Å². The van der Waals surface area contributed by atoms with Crippen LogP contribution in [0.5, 0.6) is 0 Å². The van der Waals surface area contributed by atoms with Crippen LogP contribution < -0.4 is 5.19 Å². The minimum absolute atomic E-state index is 0.852. The highest BCUT2D eigenvalue weighted by Gasteiger charge is 2.24. The lowest BCUT2D eigenvalue weighted by molar-refractivity contribution is 0.357. The molecule has 2 heteroatoms. The Morgan fingerprint density at radius 2 is 1.48 bits per heavy atom. The first-order chi connectivity index (χ1) is 14.0. The Bertz CT molecular complexity index is 950. The molecule has 2 aromatic carbocycles. The normalized spacial score (nSPS) is 15.4. The highest BCUT2D eigenvalue weighted by Crippen LogP contribution is 2.29. The molecule has 0 amide bonds. The summed E-state index contributed by atoms with van der Waals surface area (Å²) in [7, 11) is -1.41. The zero-order valence-electron chi connectivity index (χ0n) is 18.1. The van der Waals surface area contributed by atoms with Gasteiger partial charge in [0.15, 0.2) is 0 Å². The van der Waals surface area contributed by atoms with E-state index in [-0.39, 0.29) is 0 Å². The van der Waals surface area contributed by atoms with Crippen molar-refractivity contribution in [2.24, 2.45) is 5.92 Å². The van der Waals surface area contributed by atoms with Gasteiger partial charge in [0, 0.05) is 11.8 Å². The first kappa shape index (κ1) is 20.1. The van der Waals surface area contributed by atoms with Gasteiger partial charge in [0.25, 0.3) is 0 Å². The summed E-state index contributed by atoms with van der Waals surface area (Å²) < 4.78 is 0. The van der Waals surface area contributed by atoms with Crippen molar-refractivity contribution in [3.05, 3.63) is 72.4 Å². The number of aromatic nitrogens is 1. The standard InChI is InChI=1S/C27H33NSi/c1-29(2,3)27-20-28-26(19-25(27)17-21-11-6-4-7-12-21)24-16-10-15-23(18-24)22-13-8-5-9-14-22/h5,8-10,13-16,18-21H,4,6-7,11-12,17H2,1-3H3. The first-order valence-corrected chi connectivity index (χ1v) is 14.7. The molecule has 0 aliphatic heterocycles. The molecule has 4 rings (SSSR count). The zero-order chi connectivity index (χ0) is 20.3. The van der Waals surface area contributed by atoms with Crippen LogP contribution >= 0.6 is 0 Å². The van der Waals surface area contributed by atoms with E-state index >= 15 is 0 Å². The molecular formula is C27H33NSi. The van der Waals surface area contributed by atoms with Gasteiger partial charge in [0.05, 0.1) is 13.8 Å². The maximum absolute atomic E-state index is 4.94. The van der Waals surface area contributed by atoms with Gasteiger partial charge >= 0.3 is 0 Å². The van der Waals surface area contributed by atoms with Gasteiger partial charge in [-0.25, -0.2) is 0 Å². The molecule has 1 saturated carbocycles. The second kappa shape index (κ2) is 8.67. The van der Waals surface area contributed by atoms with Crippen molar-refractivity contribution >= 4 is 13.3 Å². The first-order valence-electron chi connectivity index (χ1n) is 11.2. The Hall–Kier alpha value is -2.19. The van der Waals surface area contributed by atoms with Crippen molar-refractivity contribution in [1.29, 1.82) is 0 Å². The molecule has 0 radical (unpaired) electrons. The molecule has 0 unspecified atom stereocenters. The van der Waals surface area contributed by atoms with Crippen LogP contribution in [0, 0.1) is 5.92 Å². The molecule has 0 bridgehead atoms. The smallest absolute Gasteiger partial charge is 0.0799 e. The lowest BCUT2D eigenvalue weighted by Crippen LogP contribution is -2.41. The third kappa shape index (κ3) is 4.87. The molecule has 0 N–H and O–H groups in total. The third-order valence-electron chi connectivity index (χ3n) is 6.30. The maximum Gasteiger partial charge on any atom is 0.0799 e. The molecule has 29 heavy (non-hydrogen) atoms. The second-order valence-electron chi connectivity index (χ2n) is 9.63. The molecular weight excluding hydrogens is 366 g/mol. The van der Waals surface area contributed by atoms with E-state index in [1.165, 1.54) is 55.2 Å². The predicted molar refractivity (Wildman–Crippen MR) is 128 cm³/mol. The summed E-state index contributed by atoms with van der Waals surface area (Å²) in [6, 6.07) is 21.9. The van der Waals surface area contributed by atoms with Crippen LogP contribution in [0.25, 0.3) is 22.4 Å². The molecule has 1 aliphatic rings. The Balaban J connectivity index is 1.70. The fraction of sp³-hybridized carbons (Fsp3) is 0.370. The third-order valence-corrected chi connectivity index (χ3v) is 8.36. The monoisotopic (exact) mass is 399 g/mol. The van der Waals surface area contributed by atoms with Gasteiger partial charge in [-0.15, -0.1) is 0 Å². The number of nitrogens with zero attached hydrogens (tertiary/aromatic N) is 1. The van der Waals surface area contributed by atoms with Crippen LogP contribution in [0.15, 0.2) is 66.9 Å². The summed E-state index contributed by atoms with van der Waals surface area (Å²) in [5, 5.41) is 1.55. The van der Waals surface area contributed by atoms with Crippen LogP contribution in [0.2, 0.25) is 19.6 Å². The lowest BCUT2D eigenvalue weighted by Gasteiger charge is -2.26. The predicted octanol–water partition coefficient (Wildman–Crippen LogP) is 7.08. The zero-order valence-corrected chi connectivity index (χ0v) is 19.1. The molecule has 1 nitrogen and oxygen atoms in total. The topological polar surface area (TPSA) is 12.9 Å². The van der Waals surface area contributed by atoms with Crippen LogP contribution in [-0.4, -0.2) is 13.1 Å². The Labute approximate surface area is 177 Å². The SMILES string of the molecule is C[Si](C)(C)c1cnc(-c2cccc(-c3ccccc3)c2)cc1CC1CCCCC1. The summed E-state index contributed by atoms with van der Waals surface area (Å²) in [6.07, 6.45) is 10.5. The Morgan fingerprint density at radius 3 is 2.21 bits per heavy atom. The van der Waals surface area contributed by atoms with Crippen molar-refractivity contribution in [2.45, 2.75) is 58.2 Å². The van der Waals surface area contributed by atoms with E-state index in [9.17, 15) is 0 Å². The molecule has 150 valence electrons. The minimum atomic E-state index is -1.41. The lowest BCUT2D eigenvalue weighted by atomic mass is 9.85. The van der Waals surface area contributed by atoms with Gasteiger partial charge in [0.1, 0.15) is 0 Å². The van der Waals surface area contributed by atoms with Gasteiger partial charge in [-0.1, -0.05) is 100 Å². The van der Waals surface area contributed by atoms with Gasteiger partial charge < -0.3 is 0 Å². The molecule has 0 spiro atoms. The highest BCUT2D eigenvalue weighted by molar-refractivity contribution is 6.89. The summed E-state index contributed by atoms with van der Waals surface area (Å²) >= 11 is 0. The van der Waals surface area contributed by atoms with E-state index in [1.54, 1.807) is 10.8 Å². The van der Waals surface area contributed by atoms with Crippen molar-refractivity contribution in [3.63, 3.8) is 0 Å². The van der Waals surface area contributed by atoms with E-state index in [0.29, 0.717) is 0 Å². The molecule has 1 aliphatic carbocycles. The van der Waals surface area contributed by atoms with E-state index in [0.717, 1.165) is 11.6 Å². The van der Waals surface area contributed by atoms with Crippen LogP contribution in [-0.2, 0) is 6.42 Å². The largest absolute Gasteiger partial charge is 0.256 e. The molecule has 3 aromatic rings. The summed E-state index contributed by atoms with van der Waals surface area (Å²) in [5.41, 5.74) is 6.42. The maximum atomic E-state index is 4.94. The second-order valence-corrected chi connectivity index (χ2v) is 14.7. The number of hydrogen-bond acceptors (Lipinski definition) is 1. The molecule has 0 saturated heterocycles. The van der Waals surface area contributed by atoms with Crippen molar-refractivity contribution in [2.75, 3.05) is 0 Å². The van der Waals surface area contributed by atoms with Crippen molar-refractivity contribution in [3.8, 4) is 22.4 Å². The van der Waals surface area contributed by atoms with E-state index in [2.05, 4.69) is 86.5 Å². The average Bonchev–Trinajstić information content (AvgIpc) is 2.74. The number of benzene rings is 2. The summed E-state index contributed by atoms with van der Waals surface area (Å²) in [5.74, 6) is 0.852. The van der Waals surface area contributed by atoms with Crippen LogP contribution in [0.3, 0.4) is 0 Å². The average molecular weight is 400 g/mol. The number of rotatable bonds is 5. The van der Waals surface area contributed by atoms with Gasteiger partial charge in [-0.2, -0.15) is 0 Å². The number of hydrogen-bond donors (Lipinski definition) is 0. The van der Waals surface area contributed by atoms with Crippen LogP contribution in [0.4, 0.5) is 0 Å². The molecule has 1 fully saturated rings. The summed E-state index contributed by atoms with van der Waals surface area (Å²) in [6.45, 7) is 7.35. The Kier molecular flexibility index (Phi) is 6.01. The number of pyridine rings is 1. The highest BCUT2D eigenvalue weighted by atomic mass is 28.3. The van der Waals surface area contributed by atoms with E-state index in [4.69, 9.17) is 4.98 Å². The summed E-state index contributed by atoms with van der Waals surface area (Å²) in [4.78, 5) is 4.94. The van der Waals surface area contributed by atoms with Crippen LogP contribution in [0.1, 0.15) is 37.7 Å². The quantitative estimate of drug-likeness (QED) is 0.418. The van der Waals surface area contributed by atoms with Crippen molar-refractivity contribution < 1.29 is 0 Å². The van der Waals surface area contributed by atoms with Gasteiger partial charge in [-0.05, 0) is 46.3 Å². The van der Waals surface area contributed by atoms with E-state index in [1.807, 2.05) is 0 Å². The minimum Gasteiger partial charge on any atom is -0.256 e. The van der Waals surface area contributed by atoms with Gasteiger partial charge in [-0.3, -0.25) is 4.98 Å².